The fourth-order valence-electron chi connectivity index (χ4n) is 4.05. The second kappa shape index (κ2) is 8.40. The number of alkyl halides is 2. The summed E-state index contributed by atoms with van der Waals surface area (Å²) in [5.41, 5.74) is 2.39. The topological polar surface area (TPSA) is 55.4 Å². The number of carbonyl (C=O) groups is 2. The van der Waals surface area contributed by atoms with Gasteiger partial charge in [0.25, 0.3) is 0 Å². The highest BCUT2D eigenvalue weighted by Gasteiger charge is 2.66. The molecule has 160 valence electrons. The molecule has 0 bridgehead atoms. The average molecular weight is 555 g/mol. The Labute approximate surface area is 198 Å². The normalized spacial score (nSPS) is 24.1. The summed E-state index contributed by atoms with van der Waals surface area (Å²) >= 11 is 8.66. The number of halogens is 2. The van der Waals surface area contributed by atoms with E-state index in [1.165, 1.54) is 21.8 Å². The van der Waals surface area contributed by atoms with Crippen LogP contribution in [0.1, 0.15) is 65.4 Å². The summed E-state index contributed by atoms with van der Waals surface area (Å²) in [6.45, 7) is 4.27. The zero-order valence-electron chi connectivity index (χ0n) is 17.1. The predicted molar refractivity (Wildman–Crippen MR) is 128 cm³/mol. The third kappa shape index (κ3) is 4.00. The van der Waals surface area contributed by atoms with E-state index in [1.54, 1.807) is 0 Å². The molecule has 1 saturated carbocycles. The summed E-state index contributed by atoms with van der Waals surface area (Å²) in [6, 6.07) is 10.5. The molecule has 7 heteroatoms. The van der Waals surface area contributed by atoms with Crippen molar-refractivity contribution in [3.8, 4) is 0 Å². The second-order valence-corrected chi connectivity index (χ2v) is 13.2. The number of hydrogen-bond donors (Lipinski definition) is 1. The molecular weight excluding hydrogens is 530 g/mol. The Morgan fingerprint density at radius 1 is 1.27 bits per heavy atom. The number of amides is 1. The van der Waals surface area contributed by atoms with E-state index in [0.29, 0.717) is 29.5 Å². The maximum Gasteiger partial charge on any atom is 0.341 e. The number of thiophene rings is 1. The van der Waals surface area contributed by atoms with Crippen LogP contribution in [0.25, 0.3) is 0 Å². The van der Waals surface area contributed by atoms with Crippen LogP contribution >= 0.6 is 43.2 Å². The van der Waals surface area contributed by atoms with E-state index in [-0.39, 0.29) is 15.1 Å². The Balaban J connectivity index is 1.63. The van der Waals surface area contributed by atoms with Crippen LogP contribution in [0.15, 0.2) is 30.3 Å². The van der Waals surface area contributed by atoms with E-state index in [1.807, 2.05) is 19.9 Å². The number of anilines is 1. The van der Waals surface area contributed by atoms with Gasteiger partial charge in [0.1, 0.15) is 5.00 Å². The lowest BCUT2D eigenvalue weighted by atomic mass is 9.83. The van der Waals surface area contributed by atoms with Gasteiger partial charge in [-0.2, -0.15) is 0 Å². The lowest BCUT2D eigenvalue weighted by Crippen LogP contribution is -2.26. The highest BCUT2D eigenvalue weighted by atomic mass is 79.9. The van der Waals surface area contributed by atoms with Crippen molar-refractivity contribution in [2.45, 2.75) is 55.1 Å². The molecular formula is C23H25Br2NO3S. The first-order chi connectivity index (χ1) is 14.3. The van der Waals surface area contributed by atoms with Crippen molar-refractivity contribution in [3.05, 3.63) is 51.9 Å². The zero-order valence-corrected chi connectivity index (χ0v) is 21.1. The van der Waals surface area contributed by atoms with Crippen LogP contribution in [0.3, 0.4) is 0 Å². The minimum atomic E-state index is -0.547. The van der Waals surface area contributed by atoms with Crippen molar-refractivity contribution in [1.29, 1.82) is 0 Å². The molecule has 0 saturated heterocycles. The molecule has 2 aliphatic carbocycles. The van der Waals surface area contributed by atoms with Crippen LogP contribution in [0.2, 0.25) is 0 Å². The third-order valence-corrected chi connectivity index (χ3v) is 9.64. The van der Waals surface area contributed by atoms with Crippen LogP contribution in [-0.4, -0.2) is 21.7 Å². The van der Waals surface area contributed by atoms with Crippen LogP contribution < -0.4 is 5.32 Å². The van der Waals surface area contributed by atoms with Crippen molar-refractivity contribution in [3.63, 3.8) is 0 Å². The van der Waals surface area contributed by atoms with E-state index in [2.05, 4.69) is 61.4 Å². The van der Waals surface area contributed by atoms with Crippen molar-refractivity contribution in [2.75, 3.05) is 11.9 Å². The molecule has 30 heavy (non-hydrogen) atoms. The Bertz CT molecular complexity index is 972. The Morgan fingerprint density at radius 2 is 1.97 bits per heavy atom. The van der Waals surface area contributed by atoms with Crippen molar-refractivity contribution in [1.82, 2.24) is 0 Å². The quantitative estimate of drug-likeness (QED) is 0.331. The van der Waals surface area contributed by atoms with Gasteiger partial charge in [0, 0.05) is 4.88 Å². The number of nitrogens with one attached hydrogen (secondary N) is 1. The molecule has 1 heterocycles. The standard InChI is InChI=1S/C23H25Br2NO3S/c1-3-11-29-20(27)18-16-10-9-15(14-7-5-4-6-8-14)12-17(16)30-19(18)26-21(28)22(2)13-23(22,24)25/h4-8,15H,3,9-13H2,1-2H3,(H,26,28)/t15-,22+/m0/s1. The summed E-state index contributed by atoms with van der Waals surface area (Å²) < 4.78 is 5.10. The summed E-state index contributed by atoms with van der Waals surface area (Å²) in [6.07, 6.45) is 4.15. The summed E-state index contributed by atoms with van der Waals surface area (Å²) in [7, 11) is 0. The van der Waals surface area contributed by atoms with E-state index >= 15 is 0 Å². The van der Waals surface area contributed by atoms with E-state index < -0.39 is 5.41 Å². The summed E-state index contributed by atoms with van der Waals surface area (Å²) in [5, 5.41) is 3.68. The number of fused-ring (bicyclic) bond motifs is 1. The van der Waals surface area contributed by atoms with Crippen molar-refractivity contribution in [2.24, 2.45) is 5.41 Å². The maximum atomic E-state index is 13.0. The largest absolute Gasteiger partial charge is 0.462 e. The number of benzene rings is 1. The van der Waals surface area contributed by atoms with Gasteiger partial charge >= 0.3 is 5.97 Å². The number of rotatable bonds is 6. The fraction of sp³-hybridized carbons (Fsp3) is 0.478. The number of ether oxygens (including phenoxy) is 1. The lowest BCUT2D eigenvalue weighted by molar-refractivity contribution is -0.120. The smallest absolute Gasteiger partial charge is 0.341 e. The molecule has 2 aliphatic rings. The molecule has 1 aromatic carbocycles. The molecule has 2 atom stereocenters. The minimum Gasteiger partial charge on any atom is -0.462 e. The molecule has 0 aliphatic heterocycles. The minimum absolute atomic E-state index is 0.0843. The molecule has 4 rings (SSSR count). The van der Waals surface area contributed by atoms with Gasteiger partial charge in [-0.25, -0.2) is 4.79 Å². The number of carbonyl (C=O) groups excluding carboxylic acids is 2. The highest BCUT2D eigenvalue weighted by Crippen LogP contribution is 2.66. The molecule has 1 fully saturated rings. The van der Waals surface area contributed by atoms with Gasteiger partial charge in [-0.3, -0.25) is 4.79 Å². The zero-order chi connectivity index (χ0) is 21.5. The van der Waals surface area contributed by atoms with Gasteiger partial charge in [-0.05, 0) is 56.1 Å². The van der Waals surface area contributed by atoms with Gasteiger partial charge in [0.2, 0.25) is 5.91 Å². The van der Waals surface area contributed by atoms with Gasteiger partial charge in [-0.15, -0.1) is 11.3 Å². The SMILES string of the molecule is CCCOC(=O)c1c(NC(=O)[C@@]2(C)CC2(Br)Br)sc2c1CC[C@H](c1ccccc1)C2. The molecule has 0 spiro atoms. The molecule has 1 aromatic heterocycles. The summed E-state index contributed by atoms with van der Waals surface area (Å²) in [4.78, 5) is 27.1. The Morgan fingerprint density at radius 3 is 2.60 bits per heavy atom. The highest BCUT2D eigenvalue weighted by molar-refractivity contribution is 9.25. The lowest BCUT2D eigenvalue weighted by Gasteiger charge is -2.23. The number of hydrogen-bond acceptors (Lipinski definition) is 4. The van der Waals surface area contributed by atoms with Crippen LogP contribution in [0.5, 0.6) is 0 Å². The molecule has 4 nitrogen and oxygen atoms in total. The maximum absolute atomic E-state index is 13.0. The van der Waals surface area contributed by atoms with Crippen LogP contribution in [-0.2, 0) is 22.4 Å². The first-order valence-electron chi connectivity index (χ1n) is 10.3. The van der Waals surface area contributed by atoms with Crippen LogP contribution in [0.4, 0.5) is 5.00 Å². The van der Waals surface area contributed by atoms with Crippen LogP contribution in [0, 0.1) is 5.41 Å². The average Bonchev–Trinajstić information content (AvgIpc) is 3.07. The molecule has 0 unspecified atom stereocenters. The van der Waals surface area contributed by atoms with Gasteiger partial charge in [-0.1, -0.05) is 69.1 Å². The monoisotopic (exact) mass is 553 g/mol. The van der Waals surface area contributed by atoms with Gasteiger partial charge in [0.15, 0.2) is 0 Å². The molecule has 1 N–H and O–H groups in total. The molecule has 1 amide bonds. The second-order valence-electron chi connectivity index (χ2n) is 8.36. The predicted octanol–water partition coefficient (Wildman–Crippen LogP) is 6.42. The van der Waals surface area contributed by atoms with E-state index in [9.17, 15) is 9.59 Å². The Hall–Kier alpha value is -1.18. The summed E-state index contributed by atoms with van der Waals surface area (Å²) in [5.74, 6) is 0.0193. The first kappa shape index (κ1) is 22.0. The first-order valence-corrected chi connectivity index (χ1v) is 12.7. The Kier molecular flexibility index (Phi) is 6.17. The van der Waals surface area contributed by atoms with E-state index in [0.717, 1.165) is 31.2 Å². The third-order valence-electron chi connectivity index (χ3n) is 6.16. The van der Waals surface area contributed by atoms with Crippen molar-refractivity contribution >= 4 is 60.1 Å². The van der Waals surface area contributed by atoms with Gasteiger partial charge in [0.05, 0.1) is 20.8 Å². The van der Waals surface area contributed by atoms with Crippen molar-refractivity contribution < 1.29 is 14.3 Å². The van der Waals surface area contributed by atoms with E-state index in [4.69, 9.17) is 4.74 Å². The molecule has 0 radical (unpaired) electrons. The van der Waals surface area contributed by atoms with Gasteiger partial charge < -0.3 is 10.1 Å². The fourth-order valence-corrected chi connectivity index (χ4v) is 6.85. The number of esters is 1. The molecule has 2 aromatic rings.